The van der Waals surface area contributed by atoms with E-state index < -0.39 is 11.8 Å². The average molecular weight is 476 g/mol. The first-order chi connectivity index (χ1) is 16.1. The molecule has 1 unspecified atom stereocenters. The number of thiocarbonyl (C=S) groups is 1. The Morgan fingerprint density at radius 3 is 2.44 bits per heavy atom. The van der Waals surface area contributed by atoms with Crippen molar-refractivity contribution >= 4 is 46.6 Å². The summed E-state index contributed by atoms with van der Waals surface area (Å²) >= 11 is 5.35. The summed E-state index contributed by atoms with van der Waals surface area (Å²) in [6.07, 6.45) is 3.66. The number of anilines is 2. The fraction of sp³-hybridized carbons (Fsp3) is 0.393. The van der Waals surface area contributed by atoms with Crippen molar-refractivity contribution in [2.24, 2.45) is 0 Å². The molecule has 2 aliphatic heterocycles. The number of amides is 2. The molecule has 5 nitrogen and oxygen atoms in total. The molecule has 1 atom stereocenters. The summed E-state index contributed by atoms with van der Waals surface area (Å²) in [5, 5.41) is 2.80. The van der Waals surface area contributed by atoms with Gasteiger partial charge in [0, 0.05) is 17.8 Å². The van der Waals surface area contributed by atoms with Gasteiger partial charge in [-0.05, 0) is 111 Å². The molecule has 2 aromatic rings. The van der Waals surface area contributed by atoms with Crippen molar-refractivity contribution in [3.05, 3.63) is 64.2 Å². The van der Waals surface area contributed by atoms with Gasteiger partial charge < -0.3 is 4.90 Å². The van der Waals surface area contributed by atoms with Crippen LogP contribution in [0.2, 0.25) is 0 Å². The van der Waals surface area contributed by atoms with Crippen LogP contribution in [0.5, 0.6) is 0 Å². The number of fused-ring (bicyclic) bond motifs is 1. The van der Waals surface area contributed by atoms with Gasteiger partial charge in [-0.2, -0.15) is 0 Å². The second-order valence-corrected chi connectivity index (χ2v) is 10.3. The Kier molecular flexibility index (Phi) is 6.38. The largest absolute Gasteiger partial charge is 0.366 e. The first-order valence-corrected chi connectivity index (χ1v) is 12.4. The predicted octanol–water partition coefficient (Wildman–Crippen LogP) is 5.50. The van der Waals surface area contributed by atoms with Crippen LogP contribution in [-0.2, 0) is 16.0 Å². The number of nitrogens with zero attached hydrogens (tertiary/aromatic N) is 2. The van der Waals surface area contributed by atoms with Crippen LogP contribution < -0.4 is 15.1 Å². The van der Waals surface area contributed by atoms with E-state index in [2.05, 4.69) is 57.0 Å². The van der Waals surface area contributed by atoms with E-state index in [-0.39, 0.29) is 16.2 Å². The van der Waals surface area contributed by atoms with E-state index in [0.717, 1.165) is 30.5 Å². The molecule has 0 spiro atoms. The lowest BCUT2D eigenvalue weighted by molar-refractivity contribution is -0.122. The molecule has 4 rings (SSSR count). The molecule has 0 bridgehead atoms. The van der Waals surface area contributed by atoms with E-state index in [0.29, 0.717) is 11.6 Å². The summed E-state index contributed by atoms with van der Waals surface area (Å²) in [5.41, 5.74) is 6.39. The van der Waals surface area contributed by atoms with Crippen LogP contribution in [0.3, 0.4) is 0 Å². The number of benzene rings is 2. The standard InChI is InChI=1S/C28H33N3O2S/c1-7-19-9-11-21(12-10-19)31-26(33)23(25(32)29-27(31)34)15-20-14-22-18(4)16-28(5,6)30(8-2)24(22)13-17(20)3/h9-15,18H,7-8,16H2,1-6H3,(H,29,32,34)/b23-15+. The number of nitrogens with one attached hydrogen (secondary N) is 1. The zero-order valence-electron chi connectivity index (χ0n) is 20.9. The molecule has 0 radical (unpaired) electrons. The quantitative estimate of drug-likeness (QED) is 0.360. The fourth-order valence-corrected chi connectivity index (χ4v) is 5.61. The number of hydrogen-bond acceptors (Lipinski definition) is 4. The van der Waals surface area contributed by atoms with E-state index in [1.165, 1.54) is 21.7 Å². The van der Waals surface area contributed by atoms with Crippen molar-refractivity contribution in [1.82, 2.24) is 5.32 Å². The third-order valence-corrected chi connectivity index (χ3v) is 7.38. The highest BCUT2D eigenvalue weighted by Crippen LogP contribution is 2.44. The normalized spacial score (nSPS) is 21.1. The number of hydrogen-bond donors (Lipinski definition) is 1. The Hall–Kier alpha value is -2.99. The maximum absolute atomic E-state index is 13.5. The Bertz CT molecular complexity index is 1200. The molecule has 0 aromatic heterocycles. The average Bonchev–Trinajstić information content (AvgIpc) is 2.77. The smallest absolute Gasteiger partial charge is 0.270 e. The molecule has 0 aliphatic carbocycles. The molecular weight excluding hydrogens is 442 g/mol. The van der Waals surface area contributed by atoms with Gasteiger partial charge in [-0.15, -0.1) is 0 Å². The van der Waals surface area contributed by atoms with Gasteiger partial charge in [0.25, 0.3) is 11.8 Å². The highest BCUT2D eigenvalue weighted by Gasteiger charge is 2.37. The molecule has 178 valence electrons. The zero-order chi connectivity index (χ0) is 24.8. The van der Waals surface area contributed by atoms with Gasteiger partial charge in [0.15, 0.2) is 5.11 Å². The number of rotatable bonds is 4. The van der Waals surface area contributed by atoms with Crippen molar-refractivity contribution < 1.29 is 9.59 Å². The Morgan fingerprint density at radius 2 is 1.82 bits per heavy atom. The van der Waals surface area contributed by atoms with Gasteiger partial charge in [0.2, 0.25) is 0 Å². The van der Waals surface area contributed by atoms with Crippen LogP contribution in [-0.4, -0.2) is 29.0 Å². The number of aryl methyl sites for hydroxylation is 2. The third-order valence-electron chi connectivity index (χ3n) is 7.09. The Labute approximate surface area is 207 Å². The van der Waals surface area contributed by atoms with Crippen molar-refractivity contribution in [2.75, 3.05) is 16.3 Å². The van der Waals surface area contributed by atoms with Gasteiger partial charge in [0.1, 0.15) is 5.57 Å². The van der Waals surface area contributed by atoms with Crippen molar-refractivity contribution in [3.63, 3.8) is 0 Å². The SMILES string of the molecule is CCc1ccc(N2C(=O)/C(=C/c3cc4c(cc3C)N(CC)C(C)(C)CC4C)C(=O)NC2=S)cc1. The van der Waals surface area contributed by atoms with E-state index in [9.17, 15) is 9.59 Å². The minimum absolute atomic E-state index is 0.0797. The second kappa shape index (κ2) is 8.99. The van der Waals surface area contributed by atoms with Crippen LogP contribution in [0.4, 0.5) is 11.4 Å². The number of carbonyl (C=O) groups is 2. The molecule has 1 N–H and O–H groups in total. The number of carbonyl (C=O) groups excluding carboxylic acids is 2. The van der Waals surface area contributed by atoms with Gasteiger partial charge in [-0.25, -0.2) is 0 Å². The van der Waals surface area contributed by atoms with E-state index >= 15 is 0 Å². The summed E-state index contributed by atoms with van der Waals surface area (Å²) in [6, 6.07) is 12.0. The van der Waals surface area contributed by atoms with E-state index in [4.69, 9.17) is 12.2 Å². The third kappa shape index (κ3) is 4.16. The van der Waals surface area contributed by atoms with Crippen LogP contribution in [0, 0.1) is 6.92 Å². The molecule has 2 aliphatic rings. The minimum atomic E-state index is -0.460. The lowest BCUT2D eigenvalue weighted by atomic mass is 9.79. The first kappa shape index (κ1) is 24.1. The Morgan fingerprint density at radius 1 is 1.15 bits per heavy atom. The Balaban J connectivity index is 1.75. The molecule has 2 aromatic carbocycles. The second-order valence-electron chi connectivity index (χ2n) is 9.91. The van der Waals surface area contributed by atoms with Crippen LogP contribution in [0.25, 0.3) is 6.08 Å². The molecule has 1 saturated heterocycles. The monoisotopic (exact) mass is 475 g/mol. The van der Waals surface area contributed by atoms with E-state index in [1.54, 1.807) is 6.08 Å². The topological polar surface area (TPSA) is 52.7 Å². The molecule has 1 fully saturated rings. The molecule has 34 heavy (non-hydrogen) atoms. The maximum atomic E-state index is 13.5. The lowest BCUT2D eigenvalue weighted by Gasteiger charge is -2.47. The minimum Gasteiger partial charge on any atom is -0.366 e. The molecule has 2 heterocycles. The first-order valence-electron chi connectivity index (χ1n) is 12.0. The highest BCUT2D eigenvalue weighted by atomic mass is 32.1. The van der Waals surface area contributed by atoms with Crippen LogP contribution in [0.15, 0.2) is 42.0 Å². The van der Waals surface area contributed by atoms with Crippen LogP contribution >= 0.6 is 12.2 Å². The van der Waals surface area contributed by atoms with Crippen molar-refractivity contribution in [2.45, 2.75) is 65.8 Å². The lowest BCUT2D eigenvalue weighted by Crippen LogP contribution is -2.54. The van der Waals surface area contributed by atoms with Crippen molar-refractivity contribution in [1.29, 1.82) is 0 Å². The molecular formula is C28H33N3O2S. The van der Waals surface area contributed by atoms with Crippen molar-refractivity contribution in [3.8, 4) is 0 Å². The summed E-state index contributed by atoms with van der Waals surface area (Å²) < 4.78 is 0. The highest BCUT2D eigenvalue weighted by molar-refractivity contribution is 7.80. The maximum Gasteiger partial charge on any atom is 0.270 e. The van der Waals surface area contributed by atoms with E-state index in [1.807, 2.05) is 31.2 Å². The summed E-state index contributed by atoms with van der Waals surface area (Å²) in [4.78, 5) is 30.1. The molecule has 2 amide bonds. The zero-order valence-corrected chi connectivity index (χ0v) is 21.7. The molecule has 6 heteroatoms. The fourth-order valence-electron chi connectivity index (χ4n) is 5.33. The van der Waals surface area contributed by atoms with Gasteiger partial charge in [0.05, 0.1) is 5.69 Å². The summed E-state index contributed by atoms with van der Waals surface area (Å²) in [7, 11) is 0. The van der Waals surface area contributed by atoms with Gasteiger partial charge in [-0.3, -0.25) is 19.8 Å². The summed E-state index contributed by atoms with van der Waals surface area (Å²) in [6.45, 7) is 14.0. The molecule has 0 saturated carbocycles. The van der Waals surface area contributed by atoms with Crippen LogP contribution in [0.1, 0.15) is 69.2 Å². The van der Waals surface area contributed by atoms with Gasteiger partial charge in [-0.1, -0.05) is 26.0 Å². The summed E-state index contributed by atoms with van der Waals surface area (Å²) in [5.74, 6) is -0.486. The van der Waals surface area contributed by atoms with Gasteiger partial charge >= 0.3 is 0 Å². The predicted molar refractivity (Wildman–Crippen MR) is 143 cm³/mol.